The van der Waals surface area contributed by atoms with E-state index < -0.39 is 19.3 Å². The van der Waals surface area contributed by atoms with Crippen LogP contribution in [0, 0.1) is 0 Å². The number of thiol groups is 1. The highest BCUT2D eigenvalue weighted by Gasteiger charge is 2.20. The quantitative estimate of drug-likeness (QED) is 0.244. The van der Waals surface area contributed by atoms with Gasteiger partial charge in [-0.1, -0.05) is 0 Å². The zero-order chi connectivity index (χ0) is 8.15. The normalized spacial score (nSPS) is 12.7. The predicted molar refractivity (Wildman–Crippen MR) is 38.6 cm³/mol. The van der Waals surface area contributed by atoms with E-state index in [1.807, 2.05) is 5.23 Å². The van der Waals surface area contributed by atoms with Crippen molar-refractivity contribution in [1.82, 2.24) is 5.23 Å². The number of hydrogen-bond donors (Lipinski definition) is 5. The van der Waals surface area contributed by atoms with E-state index >= 15 is 0 Å². The highest BCUT2D eigenvalue weighted by atomic mass is 32.1. The van der Waals surface area contributed by atoms with Gasteiger partial charge in [-0.25, -0.2) is 0 Å². The summed E-state index contributed by atoms with van der Waals surface area (Å²) in [4.78, 5) is 10.1. The molecule has 0 saturated carbocycles. The molecule has 0 bridgehead atoms. The van der Waals surface area contributed by atoms with Crippen molar-refractivity contribution in [3.8, 4) is 0 Å². The predicted octanol–water partition coefficient (Wildman–Crippen LogP) is -2.07. The first-order valence-corrected chi connectivity index (χ1v) is 3.17. The maximum absolute atomic E-state index is 10.1. The number of hydrogen-bond acceptors (Lipinski definition) is 5. The summed E-state index contributed by atoms with van der Waals surface area (Å²) in [5.41, 5.74) is 0. The zero-order valence-corrected chi connectivity index (χ0v) is 5.95. The first kappa shape index (κ1) is 9.76. The lowest BCUT2D eigenvalue weighted by Crippen LogP contribution is -2.47. The molecular formula is C3H8BNO4S. The number of aliphatic carboxylic acids is 1. The van der Waals surface area contributed by atoms with Gasteiger partial charge in [0, 0.05) is 5.75 Å². The van der Waals surface area contributed by atoms with Crippen LogP contribution in [0.1, 0.15) is 0 Å². The minimum absolute atomic E-state index is 0.00690. The fraction of sp³-hybridized carbons (Fsp3) is 0.667. The third kappa shape index (κ3) is 3.73. The van der Waals surface area contributed by atoms with Crippen LogP contribution >= 0.6 is 12.6 Å². The van der Waals surface area contributed by atoms with Gasteiger partial charge < -0.3 is 15.2 Å². The molecule has 0 rings (SSSR count). The molecule has 4 N–H and O–H groups in total. The standard InChI is InChI=1S/C3H8BNO4S/c6-3(7)2(1-10)5-4(8)9/h2,5,8-10H,1H2,(H,6,7)/t2-/m0/s1. The summed E-state index contributed by atoms with van der Waals surface area (Å²) in [5, 5.41) is 26.8. The fourth-order valence-corrected chi connectivity index (χ4v) is 0.644. The molecule has 0 saturated heterocycles. The second kappa shape index (κ2) is 4.56. The average Bonchev–Trinajstić information content (AvgIpc) is 1.81. The van der Waals surface area contributed by atoms with Crippen LogP contribution in [0.4, 0.5) is 0 Å². The van der Waals surface area contributed by atoms with Crippen molar-refractivity contribution < 1.29 is 19.9 Å². The average molecular weight is 165 g/mol. The molecule has 0 fully saturated rings. The summed E-state index contributed by atoms with van der Waals surface area (Å²) in [6.45, 7) is 0. The molecule has 0 spiro atoms. The molecule has 58 valence electrons. The Hall–Kier alpha value is -0.235. The summed E-state index contributed by atoms with van der Waals surface area (Å²) in [6, 6.07) is -1.02. The van der Waals surface area contributed by atoms with Gasteiger partial charge in [0.1, 0.15) is 6.04 Å². The molecule has 0 aliphatic rings. The zero-order valence-electron chi connectivity index (χ0n) is 5.06. The molecular weight excluding hydrogens is 157 g/mol. The van der Waals surface area contributed by atoms with Gasteiger partial charge in [-0.15, -0.1) is 0 Å². The number of nitrogens with one attached hydrogen (secondary N) is 1. The maximum atomic E-state index is 10.1. The third-order valence-corrected chi connectivity index (χ3v) is 1.20. The Morgan fingerprint density at radius 1 is 1.70 bits per heavy atom. The van der Waals surface area contributed by atoms with E-state index in [-0.39, 0.29) is 5.75 Å². The highest BCUT2D eigenvalue weighted by Crippen LogP contribution is 1.86. The van der Waals surface area contributed by atoms with E-state index in [4.69, 9.17) is 15.2 Å². The van der Waals surface area contributed by atoms with Gasteiger partial charge in [-0.2, -0.15) is 12.6 Å². The van der Waals surface area contributed by atoms with E-state index in [0.29, 0.717) is 0 Å². The molecule has 0 aliphatic carbocycles. The monoisotopic (exact) mass is 165 g/mol. The Labute approximate surface area is 63.6 Å². The van der Waals surface area contributed by atoms with Gasteiger partial charge in [-0.3, -0.25) is 10.0 Å². The lowest BCUT2D eigenvalue weighted by Gasteiger charge is -2.09. The summed E-state index contributed by atoms with van der Waals surface area (Å²) < 4.78 is 0. The molecule has 7 heteroatoms. The van der Waals surface area contributed by atoms with Crippen LogP contribution in [0.15, 0.2) is 0 Å². The van der Waals surface area contributed by atoms with E-state index in [1.165, 1.54) is 0 Å². The largest absolute Gasteiger partial charge is 0.549 e. The van der Waals surface area contributed by atoms with E-state index in [2.05, 4.69) is 12.6 Å². The van der Waals surface area contributed by atoms with Gasteiger partial charge in [-0.05, 0) is 0 Å². The molecule has 0 amide bonds. The second-order valence-corrected chi connectivity index (χ2v) is 1.98. The Morgan fingerprint density at radius 3 is 2.30 bits per heavy atom. The highest BCUT2D eigenvalue weighted by molar-refractivity contribution is 7.80. The first-order chi connectivity index (χ1) is 4.57. The van der Waals surface area contributed by atoms with Crippen molar-refractivity contribution in [2.75, 3.05) is 5.75 Å². The number of carboxylic acids is 1. The third-order valence-electron chi connectivity index (χ3n) is 0.831. The van der Waals surface area contributed by atoms with E-state index in [1.54, 1.807) is 0 Å². The lowest BCUT2D eigenvalue weighted by molar-refractivity contribution is -0.138. The number of carboxylic acid groups (broad SMARTS) is 1. The molecule has 5 nitrogen and oxygen atoms in total. The van der Waals surface area contributed by atoms with Crippen molar-refractivity contribution in [3.63, 3.8) is 0 Å². The Morgan fingerprint density at radius 2 is 2.20 bits per heavy atom. The molecule has 10 heavy (non-hydrogen) atoms. The maximum Gasteiger partial charge on any atom is 0.549 e. The van der Waals surface area contributed by atoms with Crippen LogP contribution in [-0.4, -0.2) is 40.2 Å². The van der Waals surface area contributed by atoms with Gasteiger partial charge in [0.2, 0.25) is 0 Å². The Balaban J connectivity index is 3.72. The summed E-state index contributed by atoms with van der Waals surface area (Å²) in [5.74, 6) is -1.16. The van der Waals surface area contributed by atoms with E-state index in [9.17, 15) is 4.79 Å². The van der Waals surface area contributed by atoms with Crippen molar-refractivity contribution >= 4 is 25.9 Å². The second-order valence-electron chi connectivity index (χ2n) is 1.61. The SMILES string of the molecule is O=C(O)[C@H](CS)NB(O)O. The molecule has 1 atom stereocenters. The van der Waals surface area contributed by atoms with Crippen LogP contribution in [0.3, 0.4) is 0 Å². The Kier molecular flexibility index (Phi) is 4.45. The molecule has 0 aliphatic heterocycles. The van der Waals surface area contributed by atoms with Gasteiger partial charge in [0.25, 0.3) is 0 Å². The van der Waals surface area contributed by atoms with Crippen molar-refractivity contribution in [3.05, 3.63) is 0 Å². The van der Waals surface area contributed by atoms with Crippen molar-refractivity contribution in [2.45, 2.75) is 6.04 Å². The first-order valence-electron chi connectivity index (χ1n) is 2.53. The van der Waals surface area contributed by atoms with Gasteiger partial charge in [0.05, 0.1) is 0 Å². The Bertz CT molecular complexity index is 121. The minimum Gasteiger partial charge on any atom is -0.480 e. The van der Waals surface area contributed by atoms with Crippen LogP contribution in [0.25, 0.3) is 0 Å². The molecule has 0 aromatic rings. The smallest absolute Gasteiger partial charge is 0.480 e. The van der Waals surface area contributed by atoms with Crippen LogP contribution in [-0.2, 0) is 4.79 Å². The molecule has 0 radical (unpaired) electrons. The van der Waals surface area contributed by atoms with Crippen LogP contribution < -0.4 is 5.23 Å². The van der Waals surface area contributed by atoms with Crippen LogP contribution in [0.5, 0.6) is 0 Å². The summed E-state index contributed by atoms with van der Waals surface area (Å²) in [6.07, 6.45) is 0. The lowest BCUT2D eigenvalue weighted by atomic mass is 10.1. The van der Waals surface area contributed by atoms with Crippen molar-refractivity contribution in [1.29, 1.82) is 0 Å². The van der Waals surface area contributed by atoms with Crippen molar-refractivity contribution in [2.24, 2.45) is 0 Å². The molecule has 0 aromatic carbocycles. The van der Waals surface area contributed by atoms with E-state index in [0.717, 1.165) is 0 Å². The van der Waals surface area contributed by atoms with Crippen LogP contribution in [0.2, 0.25) is 0 Å². The van der Waals surface area contributed by atoms with Gasteiger partial charge in [0.15, 0.2) is 0 Å². The fourth-order valence-electron chi connectivity index (χ4n) is 0.382. The summed E-state index contributed by atoms with van der Waals surface area (Å²) in [7, 11) is -1.81. The summed E-state index contributed by atoms with van der Waals surface area (Å²) >= 11 is 3.66. The minimum atomic E-state index is -1.81. The van der Waals surface area contributed by atoms with Gasteiger partial charge >= 0.3 is 13.2 Å². The molecule has 0 heterocycles. The molecule has 0 unspecified atom stereocenters. The number of rotatable bonds is 4. The topological polar surface area (TPSA) is 89.8 Å². The number of carbonyl (C=O) groups is 1. The molecule has 0 aromatic heterocycles.